The molecule has 8 heteroatoms. The standard InChI is InChI=1S/C25H34Cl2N4O2/c1-5-13-30(24(33)17-9-7-6-8-10-17)16-23(32)28-22-15-21(25(2,3)4)29-31(22)18-11-12-19(26)20(27)14-18/h11-12,14-15,17H,5-10,13,16H2,1-4H3,(H,28,32). The topological polar surface area (TPSA) is 67.2 Å². The van der Waals surface area contributed by atoms with Gasteiger partial charge in [-0.05, 0) is 37.5 Å². The molecule has 1 aromatic carbocycles. The third-order valence-corrected chi connectivity index (χ3v) is 6.73. The van der Waals surface area contributed by atoms with E-state index in [4.69, 9.17) is 28.3 Å². The van der Waals surface area contributed by atoms with Crippen molar-refractivity contribution in [3.8, 4) is 5.69 Å². The smallest absolute Gasteiger partial charge is 0.245 e. The molecule has 0 radical (unpaired) electrons. The van der Waals surface area contributed by atoms with Gasteiger partial charge in [-0.3, -0.25) is 9.59 Å². The number of carbonyl (C=O) groups is 2. The van der Waals surface area contributed by atoms with Gasteiger partial charge in [-0.15, -0.1) is 0 Å². The first-order chi connectivity index (χ1) is 15.6. The van der Waals surface area contributed by atoms with E-state index in [0.29, 0.717) is 28.1 Å². The van der Waals surface area contributed by atoms with Crippen LogP contribution in [0.1, 0.15) is 71.9 Å². The minimum atomic E-state index is -0.241. The molecule has 1 saturated carbocycles. The summed E-state index contributed by atoms with van der Waals surface area (Å²) in [7, 11) is 0. The number of anilines is 1. The minimum Gasteiger partial charge on any atom is -0.333 e. The van der Waals surface area contributed by atoms with Crippen molar-refractivity contribution in [1.29, 1.82) is 0 Å². The average Bonchev–Trinajstić information content (AvgIpc) is 3.19. The van der Waals surface area contributed by atoms with Gasteiger partial charge >= 0.3 is 0 Å². The lowest BCUT2D eigenvalue weighted by Gasteiger charge is -2.28. The molecular weight excluding hydrogens is 459 g/mol. The van der Waals surface area contributed by atoms with Crippen LogP contribution in [0.25, 0.3) is 5.69 Å². The molecule has 0 atom stereocenters. The SMILES string of the molecule is CCCN(CC(=O)Nc1cc(C(C)(C)C)nn1-c1ccc(Cl)c(Cl)c1)C(=O)C1CCCCC1. The second-order valence-corrected chi connectivity index (χ2v) is 10.6. The van der Waals surface area contributed by atoms with Crippen LogP contribution in [0, 0.1) is 5.92 Å². The van der Waals surface area contributed by atoms with Gasteiger partial charge < -0.3 is 10.2 Å². The molecule has 6 nitrogen and oxygen atoms in total. The Morgan fingerprint density at radius 3 is 2.42 bits per heavy atom. The first kappa shape index (κ1) is 25.6. The Morgan fingerprint density at radius 2 is 1.82 bits per heavy atom. The zero-order valence-electron chi connectivity index (χ0n) is 20.0. The van der Waals surface area contributed by atoms with Crippen LogP contribution in [0.15, 0.2) is 24.3 Å². The molecule has 2 aromatic rings. The number of nitrogens with zero attached hydrogens (tertiary/aromatic N) is 3. The molecule has 1 heterocycles. The summed E-state index contributed by atoms with van der Waals surface area (Å²) in [6, 6.07) is 7.09. The highest BCUT2D eigenvalue weighted by Gasteiger charge is 2.28. The maximum absolute atomic E-state index is 13.1. The Bertz CT molecular complexity index is 991. The number of carbonyl (C=O) groups excluding carboxylic acids is 2. The number of nitrogens with one attached hydrogen (secondary N) is 1. The maximum atomic E-state index is 13.1. The van der Waals surface area contributed by atoms with E-state index in [1.807, 2.05) is 13.0 Å². The van der Waals surface area contributed by atoms with Crippen molar-refractivity contribution in [1.82, 2.24) is 14.7 Å². The lowest BCUT2D eigenvalue weighted by atomic mass is 9.88. The molecule has 3 rings (SSSR count). The number of halogens is 2. The van der Waals surface area contributed by atoms with Gasteiger partial charge in [0.25, 0.3) is 0 Å². The third-order valence-electron chi connectivity index (χ3n) is 5.99. The fourth-order valence-corrected chi connectivity index (χ4v) is 4.44. The van der Waals surface area contributed by atoms with Crippen LogP contribution in [-0.4, -0.2) is 39.6 Å². The monoisotopic (exact) mass is 492 g/mol. The Kier molecular flexibility index (Phi) is 8.46. The van der Waals surface area contributed by atoms with Gasteiger partial charge in [0.1, 0.15) is 5.82 Å². The summed E-state index contributed by atoms with van der Waals surface area (Å²) >= 11 is 12.3. The zero-order valence-corrected chi connectivity index (χ0v) is 21.5. The van der Waals surface area contributed by atoms with Gasteiger partial charge in [0.05, 0.1) is 28.0 Å². The van der Waals surface area contributed by atoms with E-state index in [1.165, 1.54) is 6.42 Å². The van der Waals surface area contributed by atoms with E-state index in [1.54, 1.807) is 27.8 Å². The van der Waals surface area contributed by atoms with Gasteiger partial charge in [0, 0.05) is 23.9 Å². The zero-order chi connectivity index (χ0) is 24.2. The van der Waals surface area contributed by atoms with Crippen molar-refractivity contribution in [2.45, 2.75) is 71.6 Å². The lowest BCUT2D eigenvalue weighted by Crippen LogP contribution is -2.42. The van der Waals surface area contributed by atoms with E-state index in [9.17, 15) is 9.59 Å². The molecule has 33 heavy (non-hydrogen) atoms. The van der Waals surface area contributed by atoms with Gasteiger partial charge in [-0.2, -0.15) is 5.10 Å². The molecule has 2 amide bonds. The van der Waals surface area contributed by atoms with Crippen molar-refractivity contribution in [3.63, 3.8) is 0 Å². The molecule has 1 aliphatic carbocycles. The summed E-state index contributed by atoms with van der Waals surface area (Å²) in [6.45, 7) is 8.81. The third kappa shape index (κ3) is 6.51. The lowest BCUT2D eigenvalue weighted by molar-refractivity contribution is -0.139. The molecular formula is C25H34Cl2N4O2. The fourth-order valence-electron chi connectivity index (χ4n) is 4.15. The van der Waals surface area contributed by atoms with E-state index in [-0.39, 0.29) is 29.7 Å². The molecule has 0 spiro atoms. The van der Waals surface area contributed by atoms with Crippen molar-refractivity contribution in [2.75, 3.05) is 18.4 Å². The summed E-state index contributed by atoms with van der Waals surface area (Å²) in [4.78, 5) is 27.8. The van der Waals surface area contributed by atoms with E-state index in [2.05, 4.69) is 26.1 Å². The summed E-state index contributed by atoms with van der Waals surface area (Å²) in [6.07, 6.45) is 6.00. The Hall–Kier alpha value is -2.05. The average molecular weight is 493 g/mol. The van der Waals surface area contributed by atoms with Gasteiger partial charge in [-0.1, -0.05) is 70.2 Å². The molecule has 180 valence electrons. The normalized spacial score (nSPS) is 14.8. The minimum absolute atomic E-state index is 0.0284. The van der Waals surface area contributed by atoms with Crippen LogP contribution in [0.4, 0.5) is 5.82 Å². The predicted molar refractivity (Wildman–Crippen MR) is 134 cm³/mol. The number of aromatic nitrogens is 2. The molecule has 1 aromatic heterocycles. The molecule has 1 fully saturated rings. The highest BCUT2D eigenvalue weighted by atomic mass is 35.5. The van der Waals surface area contributed by atoms with E-state index < -0.39 is 0 Å². The fraction of sp³-hybridized carbons (Fsp3) is 0.560. The highest BCUT2D eigenvalue weighted by Crippen LogP contribution is 2.30. The summed E-state index contributed by atoms with van der Waals surface area (Å²) in [5.74, 6) is 0.423. The summed E-state index contributed by atoms with van der Waals surface area (Å²) in [5.41, 5.74) is 1.30. The number of hydrogen-bond donors (Lipinski definition) is 1. The van der Waals surface area contributed by atoms with Gasteiger partial charge in [0.2, 0.25) is 11.8 Å². The largest absolute Gasteiger partial charge is 0.333 e. The molecule has 1 aliphatic rings. The maximum Gasteiger partial charge on any atom is 0.245 e. The van der Waals surface area contributed by atoms with Crippen LogP contribution in [0.5, 0.6) is 0 Å². The van der Waals surface area contributed by atoms with Crippen LogP contribution >= 0.6 is 23.2 Å². The van der Waals surface area contributed by atoms with E-state index in [0.717, 1.165) is 37.8 Å². The Balaban J connectivity index is 1.82. The molecule has 0 bridgehead atoms. The quantitative estimate of drug-likeness (QED) is 0.497. The van der Waals surface area contributed by atoms with Gasteiger partial charge in [-0.25, -0.2) is 4.68 Å². The number of amides is 2. The van der Waals surface area contributed by atoms with Crippen molar-refractivity contribution >= 4 is 40.8 Å². The molecule has 0 unspecified atom stereocenters. The van der Waals surface area contributed by atoms with Crippen LogP contribution in [0.2, 0.25) is 10.0 Å². The van der Waals surface area contributed by atoms with Crippen molar-refractivity contribution in [2.24, 2.45) is 5.92 Å². The second kappa shape index (κ2) is 10.9. The van der Waals surface area contributed by atoms with Crippen molar-refractivity contribution < 1.29 is 9.59 Å². The predicted octanol–water partition coefficient (Wildman–Crippen LogP) is 6.23. The Labute approximate surface area is 206 Å². The highest BCUT2D eigenvalue weighted by molar-refractivity contribution is 6.42. The molecule has 0 saturated heterocycles. The van der Waals surface area contributed by atoms with Crippen LogP contribution < -0.4 is 5.32 Å². The van der Waals surface area contributed by atoms with Crippen LogP contribution in [-0.2, 0) is 15.0 Å². The van der Waals surface area contributed by atoms with Crippen molar-refractivity contribution in [3.05, 3.63) is 40.0 Å². The molecule has 1 N–H and O–H groups in total. The molecule has 0 aliphatic heterocycles. The number of hydrogen-bond acceptors (Lipinski definition) is 3. The number of rotatable bonds is 7. The summed E-state index contributed by atoms with van der Waals surface area (Å²) in [5, 5.41) is 8.55. The first-order valence-corrected chi connectivity index (χ1v) is 12.5. The first-order valence-electron chi connectivity index (χ1n) is 11.7. The Morgan fingerprint density at radius 1 is 1.12 bits per heavy atom. The number of benzene rings is 1. The summed E-state index contributed by atoms with van der Waals surface area (Å²) < 4.78 is 1.66. The van der Waals surface area contributed by atoms with Gasteiger partial charge in [0.15, 0.2) is 0 Å². The van der Waals surface area contributed by atoms with E-state index >= 15 is 0 Å². The van der Waals surface area contributed by atoms with Crippen LogP contribution in [0.3, 0.4) is 0 Å². The second-order valence-electron chi connectivity index (χ2n) is 9.82.